The van der Waals surface area contributed by atoms with Crippen molar-refractivity contribution < 1.29 is 18.7 Å². The number of benzene rings is 3. The molecule has 0 saturated heterocycles. The van der Waals surface area contributed by atoms with Gasteiger partial charge in [-0.25, -0.2) is 4.79 Å². The summed E-state index contributed by atoms with van der Waals surface area (Å²) in [6.07, 6.45) is 2.05. The lowest BCUT2D eigenvalue weighted by atomic mass is 10.0. The molecule has 7 heteroatoms. The molecule has 1 atom stereocenters. The number of fused-ring (bicyclic) bond motifs is 2. The fraction of sp³-hybridized carbons (Fsp3) is 0.138. The van der Waals surface area contributed by atoms with Crippen LogP contribution in [0.2, 0.25) is 0 Å². The van der Waals surface area contributed by atoms with E-state index in [1.165, 1.54) is 7.11 Å². The molecular weight excluding hydrogens is 456 g/mol. The molecule has 5 rings (SSSR count). The summed E-state index contributed by atoms with van der Waals surface area (Å²) in [6.45, 7) is 1.70. The molecule has 36 heavy (non-hydrogen) atoms. The van der Waals surface area contributed by atoms with Crippen LogP contribution in [-0.4, -0.2) is 30.0 Å². The van der Waals surface area contributed by atoms with Gasteiger partial charge in [0.15, 0.2) is 11.0 Å². The van der Waals surface area contributed by atoms with Crippen molar-refractivity contribution in [1.82, 2.24) is 10.3 Å². The van der Waals surface area contributed by atoms with Crippen molar-refractivity contribution in [3.05, 3.63) is 106 Å². The first-order chi connectivity index (χ1) is 17.5. The molecule has 2 heterocycles. The minimum absolute atomic E-state index is 0.162. The molecule has 0 saturated carbocycles. The van der Waals surface area contributed by atoms with Crippen molar-refractivity contribution >= 4 is 33.7 Å². The fourth-order valence-electron chi connectivity index (χ4n) is 4.45. The van der Waals surface area contributed by atoms with Crippen LogP contribution in [-0.2, 0) is 16.0 Å². The van der Waals surface area contributed by atoms with Gasteiger partial charge in [-0.05, 0) is 30.7 Å². The lowest BCUT2D eigenvalue weighted by Gasteiger charge is -2.17. The average Bonchev–Trinajstić information content (AvgIpc) is 3.32. The zero-order valence-corrected chi connectivity index (χ0v) is 19.8. The highest BCUT2D eigenvalue weighted by molar-refractivity contribution is 6.06. The summed E-state index contributed by atoms with van der Waals surface area (Å²) in [5, 5.41) is 4.04. The summed E-state index contributed by atoms with van der Waals surface area (Å²) in [7, 11) is 1.28. The number of aromatic nitrogens is 1. The smallest absolute Gasteiger partial charge is 0.328 e. The monoisotopic (exact) mass is 480 g/mol. The molecule has 0 fully saturated rings. The summed E-state index contributed by atoms with van der Waals surface area (Å²) in [5.74, 6) is -0.713. The minimum atomic E-state index is -0.942. The number of esters is 1. The van der Waals surface area contributed by atoms with Crippen LogP contribution in [0.15, 0.2) is 88.2 Å². The zero-order chi connectivity index (χ0) is 25.2. The SMILES string of the molecule is COC(=O)[C@@H](Cc1c[nH]c2ccccc12)NC(=O)c1cccc2c(=O)c(C)c(-c3ccccc3)oc12. The third-order valence-corrected chi connectivity index (χ3v) is 6.32. The first-order valence-corrected chi connectivity index (χ1v) is 11.5. The number of methoxy groups -OCH3 is 1. The van der Waals surface area contributed by atoms with Crippen molar-refractivity contribution in [2.45, 2.75) is 19.4 Å². The summed E-state index contributed by atoms with van der Waals surface area (Å²) in [5.41, 5.74) is 3.10. The molecule has 0 aliphatic carbocycles. The van der Waals surface area contributed by atoms with Crippen LogP contribution in [0.5, 0.6) is 0 Å². The zero-order valence-electron chi connectivity index (χ0n) is 19.8. The maximum atomic E-state index is 13.4. The second kappa shape index (κ2) is 9.54. The van der Waals surface area contributed by atoms with E-state index in [2.05, 4.69) is 10.3 Å². The van der Waals surface area contributed by atoms with E-state index >= 15 is 0 Å². The first kappa shape index (κ1) is 23.1. The van der Waals surface area contributed by atoms with E-state index in [1.54, 1.807) is 25.1 Å². The Bertz CT molecular complexity index is 1650. The predicted molar refractivity (Wildman–Crippen MR) is 138 cm³/mol. The number of amides is 1. The molecule has 2 N–H and O–H groups in total. The number of rotatable bonds is 6. The molecule has 1 amide bonds. The van der Waals surface area contributed by atoms with E-state index < -0.39 is 17.9 Å². The third-order valence-electron chi connectivity index (χ3n) is 6.32. The number of carbonyl (C=O) groups is 2. The van der Waals surface area contributed by atoms with Crippen LogP contribution in [0.4, 0.5) is 0 Å². The maximum Gasteiger partial charge on any atom is 0.328 e. The number of nitrogens with one attached hydrogen (secondary N) is 2. The van der Waals surface area contributed by atoms with E-state index in [9.17, 15) is 14.4 Å². The van der Waals surface area contributed by atoms with Gasteiger partial charge >= 0.3 is 5.97 Å². The predicted octanol–water partition coefficient (Wildman–Crippen LogP) is 4.76. The van der Waals surface area contributed by atoms with Gasteiger partial charge in [0.05, 0.1) is 18.1 Å². The van der Waals surface area contributed by atoms with Gasteiger partial charge in [-0.15, -0.1) is 0 Å². The lowest BCUT2D eigenvalue weighted by molar-refractivity contribution is -0.142. The molecule has 0 radical (unpaired) electrons. The molecule has 0 aliphatic heterocycles. The van der Waals surface area contributed by atoms with Gasteiger partial charge in [0, 0.05) is 34.6 Å². The van der Waals surface area contributed by atoms with Crippen molar-refractivity contribution in [2.75, 3.05) is 7.11 Å². The van der Waals surface area contributed by atoms with Crippen LogP contribution in [0.1, 0.15) is 21.5 Å². The standard InChI is InChI=1S/C29H24N2O5/c1-17-25(32)21-12-8-13-22(27(21)36-26(17)18-9-4-3-5-10-18)28(33)31-24(29(34)35-2)15-19-16-30-23-14-7-6-11-20(19)23/h3-14,16,24,30H,15H2,1-2H3,(H,31,33)/t24-/m1/s1. The van der Waals surface area contributed by atoms with Crippen molar-refractivity contribution in [2.24, 2.45) is 0 Å². The molecule has 3 aromatic carbocycles. The van der Waals surface area contributed by atoms with Crippen LogP contribution in [0.25, 0.3) is 33.2 Å². The van der Waals surface area contributed by atoms with E-state index in [0.29, 0.717) is 16.7 Å². The van der Waals surface area contributed by atoms with Crippen LogP contribution in [0, 0.1) is 6.92 Å². The van der Waals surface area contributed by atoms with Crippen molar-refractivity contribution in [3.63, 3.8) is 0 Å². The Morgan fingerprint density at radius 3 is 2.47 bits per heavy atom. The number of aromatic amines is 1. The van der Waals surface area contributed by atoms with E-state index in [4.69, 9.17) is 9.15 Å². The van der Waals surface area contributed by atoms with Gasteiger partial charge in [0.25, 0.3) is 5.91 Å². The van der Waals surface area contributed by atoms with Gasteiger partial charge in [0.2, 0.25) is 0 Å². The minimum Gasteiger partial charge on any atom is -0.467 e. The molecule has 5 aromatic rings. The Morgan fingerprint density at radius 2 is 1.69 bits per heavy atom. The topological polar surface area (TPSA) is 101 Å². The molecule has 7 nitrogen and oxygen atoms in total. The Kier molecular flexibility index (Phi) is 6.12. The molecule has 0 bridgehead atoms. The first-order valence-electron chi connectivity index (χ1n) is 11.5. The van der Waals surface area contributed by atoms with E-state index in [0.717, 1.165) is 22.0 Å². The van der Waals surface area contributed by atoms with Crippen LogP contribution < -0.4 is 10.7 Å². The second-order valence-corrected chi connectivity index (χ2v) is 8.55. The highest BCUT2D eigenvalue weighted by Crippen LogP contribution is 2.27. The maximum absolute atomic E-state index is 13.4. The normalized spacial score (nSPS) is 11.9. The largest absolute Gasteiger partial charge is 0.467 e. The van der Waals surface area contributed by atoms with Crippen LogP contribution >= 0.6 is 0 Å². The van der Waals surface area contributed by atoms with E-state index in [1.807, 2.05) is 60.8 Å². The molecular formula is C29H24N2O5. The summed E-state index contributed by atoms with van der Waals surface area (Å²) in [6, 6.07) is 20.9. The Labute approximate surface area is 206 Å². The number of hydrogen-bond acceptors (Lipinski definition) is 5. The molecule has 0 aliphatic rings. The number of carbonyl (C=O) groups excluding carboxylic acids is 2. The molecule has 180 valence electrons. The van der Waals surface area contributed by atoms with E-state index in [-0.39, 0.29) is 23.0 Å². The Morgan fingerprint density at radius 1 is 0.972 bits per heavy atom. The fourth-order valence-corrected chi connectivity index (χ4v) is 4.45. The Hall–Kier alpha value is -4.65. The highest BCUT2D eigenvalue weighted by Gasteiger charge is 2.26. The number of ether oxygens (including phenoxy) is 1. The summed E-state index contributed by atoms with van der Waals surface area (Å²) < 4.78 is 11.1. The van der Waals surface area contributed by atoms with Crippen LogP contribution in [0.3, 0.4) is 0 Å². The number of hydrogen-bond donors (Lipinski definition) is 2. The summed E-state index contributed by atoms with van der Waals surface area (Å²) >= 11 is 0. The third kappa shape index (κ3) is 4.15. The average molecular weight is 481 g/mol. The molecule has 0 spiro atoms. The van der Waals surface area contributed by atoms with Crippen molar-refractivity contribution in [1.29, 1.82) is 0 Å². The lowest BCUT2D eigenvalue weighted by Crippen LogP contribution is -2.43. The van der Waals surface area contributed by atoms with Gasteiger partial charge in [-0.2, -0.15) is 0 Å². The second-order valence-electron chi connectivity index (χ2n) is 8.55. The quantitative estimate of drug-likeness (QED) is 0.341. The molecule has 0 unspecified atom stereocenters. The Balaban J connectivity index is 1.53. The van der Waals surface area contributed by atoms with Gasteiger partial charge in [0.1, 0.15) is 11.8 Å². The highest BCUT2D eigenvalue weighted by atomic mass is 16.5. The van der Waals surface area contributed by atoms with Gasteiger partial charge < -0.3 is 19.5 Å². The number of H-pyrrole nitrogens is 1. The summed E-state index contributed by atoms with van der Waals surface area (Å²) in [4.78, 5) is 42.4. The molecule has 2 aromatic heterocycles. The number of para-hydroxylation sites is 2. The van der Waals surface area contributed by atoms with Gasteiger partial charge in [-0.3, -0.25) is 9.59 Å². The van der Waals surface area contributed by atoms with Crippen molar-refractivity contribution in [3.8, 4) is 11.3 Å². The van der Waals surface area contributed by atoms with Gasteiger partial charge in [-0.1, -0.05) is 54.6 Å².